The minimum Gasteiger partial charge on any atom is -0.506 e. The van der Waals surface area contributed by atoms with Crippen molar-refractivity contribution in [1.29, 1.82) is 0 Å². The first-order valence-electron chi connectivity index (χ1n) is 6.27. The Kier molecular flexibility index (Phi) is 3.85. The average Bonchev–Trinajstić information content (AvgIpc) is 2.55. The third-order valence-corrected chi connectivity index (χ3v) is 2.95. The summed E-state index contributed by atoms with van der Waals surface area (Å²) in [5.74, 6) is 0.455. The van der Waals surface area contributed by atoms with Crippen molar-refractivity contribution < 1.29 is 5.11 Å². The number of rotatable bonds is 3. The molecule has 0 unspecified atom stereocenters. The molecule has 0 heterocycles. The molecule has 0 aromatic heterocycles. The zero-order chi connectivity index (χ0) is 13.8. The van der Waals surface area contributed by atoms with Crippen LogP contribution in [0.25, 0.3) is 0 Å². The zero-order valence-corrected chi connectivity index (χ0v) is 11.1. The van der Waals surface area contributed by atoms with E-state index >= 15 is 0 Å². The number of aromatic hydroxyl groups is 1. The van der Waals surface area contributed by atoms with E-state index in [4.69, 9.17) is 0 Å². The second-order valence-corrected chi connectivity index (χ2v) is 4.74. The van der Waals surface area contributed by atoms with Crippen molar-refractivity contribution >= 4 is 11.4 Å². The molecule has 0 saturated carbocycles. The molecule has 2 rings (SSSR count). The molecule has 0 radical (unpaired) electrons. The molecule has 0 saturated heterocycles. The van der Waals surface area contributed by atoms with Crippen LogP contribution >= 0.6 is 0 Å². The third-order valence-electron chi connectivity index (χ3n) is 2.95. The second-order valence-electron chi connectivity index (χ2n) is 4.74. The number of benzene rings is 1. The van der Waals surface area contributed by atoms with Crippen molar-refractivity contribution in [2.45, 2.75) is 19.8 Å². The highest BCUT2D eigenvalue weighted by Crippen LogP contribution is 2.25. The second kappa shape index (κ2) is 5.57. The van der Waals surface area contributed by atoms with Gasteiger partial charge in [0.15, 0.2) is 0 Å². The summed E-state index contributed by atoms with van der Waals surface area (Å²) in [6.45, 7) is 4.15. The molecule has 2 N–H and O–H groups in total. The minimum atomic E-state index is -0.102. The van der Waals surface area contributed by atoms with E-state index in [0.29, 0.717) is 17.3 Å². The van der Waals surface area contributed by atoms with E-state index in [1.54, 1.807) is 30.3 Å². The number of phenols is 1. The highest BCUT2D eigenvalue weighted by Gasteiger charge is 2.05. The van der Waals surface area contributed by atoms with Gasteiger partial charge in [0, 0.05) is 0 Å². The molecule has 0 aliphatic heterocycles. The fourth-order valence-electron chi connectivity index (χ4n) is 1.80. The molecule has 3 heteroatoms. The Bertz CT molecular complexity index is 636. The third kappa shape index (κ3) is 3.13. The van der Waals surface area contributed by atoms with Crippen LogP contribution in [-0.4, -0.2) is 5.11 Å². The molecular weight excluding hydrogens is 238 g/mol. The maximum atomic E-state index is 12.0. The van der Waals surface area contributed by atoms with Gasteiger partial charge in [-0.3, -0.25) is 4.79 Å². The fourth-order valence-corrected chi connectivity index (χ4v) is 1.80. The van der Waals surface area contributed by atoms with Crippen molar-refractivity contribution in [2.75, 3.05) is 5.32 Å². The van der Waals surface area contributed by atoms with Crippen LogP contribution in [0.3, 0.4) is 0 Å². The lowest BCUT2D eigenvalue weighted by molar-refractivity contribution is 0.478. The molecule has 2 aromatic rings. The van der Waals surface area contributed by atoms with Gasteiger partial charge in [-0.2, -0.15) is 0 Å². The van der Waals surface area contributed by atoms with E-state index < -0.39 is 0 Å². The highest BCUT2D eigenvalue weighted by molar-refractivity contribution is 5.65. The summed E-state index contributed by atoms with van der Waals surface area (Å²) < 4.78 is 0. The van der Waals surface area contributed by atoms with Crippen LogP contribution in [-0.2, 0) is 0 Å². The Morgan fingerprint density at radius 1 is 1.00 bits per heavy atom. The van der Waals surface area contributed by atoms with Crippen molar-refractivity contribution in [2.24, 2.45) is 0 Å². The first-order chi connectivity index (χ1) is 9.08. The van der Waals surface area contributed by atoms with Crippen LogP contribution in [0.1, 0.15) is 25.3 Å². The molecule has 98 valence electrons. The van der Waals surface area contributed by atoms with Crippen LogP contribution in [0.5, 0.6) is 5.75 Å². The van der Waals surface area contributed by atoms with Crippen molar-refractivity contribution in [3.05, 3.63) is 64.3 Å². The summed E-state index contributed by atoms with van der Waals surface area (Å²) in [4.78, 5) is 12.0. The SMILES string of the molecule is CC(C)c1cccc(=O)c(Nc2ccccc2O)c1. The van der Waals surface area contributed by atoms with Crippen LogP contribution < -0.4 is 10.7 Å². The lowest BCUT2D eigenvalue weighted by atomic mass is 10.1. The van der Waals surface area contributed by atoms with Gasteiger partial charge in [0.1, 0.15) is 5.75 Å². The topological polar surface area (TPSA) is 49.3 Å². The monoisotopic (exact) mass is 255 g/mol. The van der Waals surface area contributed by atoms with E-state index in [-0.39, 0.29) is 11.2 Å². The number of anilines is 2. The van der Waals surface area contributed by atoms with Crippen molar-refractivity contribution in [3.63, 3.8) is 0 Å². The lowest BCUT2D eigenvalue weighted by Crippen LogP contribution is -2.04. The Balaban J connectivity index is 2.46. The Labute approximate surface area is 112 Å². The van der Waals surface area contributed by atoms with Gasteiger partial charge in [0.2, 0.25) is 5.43 Å². The fraction of sp³-hybridized carbons (Fsp3) is 0.188. The molecule has 0 bridgehead atoms. The lowest BCUT2D eigenvalue weighted by Gasteiger charge is -2.08. The number of hydrogen-bond donors (Lipinski definition) is 2. The predicted molar refractivity (Wildman–Crippen MR) is 78.2 cm³/mol. The van der Waals surface area contributed by atoms with Crippen molar-refractivity contribution in [3.8, 4) is 5.75 Å². The molecule has 0 atom stereocenters. The normalized spacial score (nSPS) is 10.5. The van der Waals surface area contributed by atoms with Crippen LogP contribution in [0.2, 0.25) is 0 Å². The Hall–Kier alpha value is -2.29. The summed E-state index contributed by atoms with van der Waals surface area (Å²) in [6.07, 6.45) is 0. The molecule has 0 aliphatic carbocycles. The van der Waals surface area contributed by atoms with Crippen LogP contribution in [0.4, 0.5) is 11.4 Å². The maximum Gasteiger partial charge on any atom is 0.202 e. The van der Waals surface area contributed by atoms with Gasteiger partial charge < -0.3 is 10.4 Å². The Morgan fingerprint density at radius 3 is 2.42 bits per heavy atom. The van der Waals surface area contributed by atoms with Crippen LogP contribution in [0, 0.1) is 0 Å². The van der Waals surface area contributed by atoms with Gasteiger partial charge in [-0.15, -0.1) is 0 Å². The first kappa shape index (κ1) is 13.1. The van der Waals surface area contributed by atoms with E-state index in [9.17, 15) is 9.90 Å². The largest absolute Gasteiger partial charge is 0.506 e. The summed E-state index contributed by atoms with van der Waals surface area (Å²) >= 11 is 0. The quantitative estimate of drug-likeness (QED) is 0.823. The molecule has 0 aliphatic rings. The van der Waals surface area contributed by atoms with E-state index in [2.05, 4.69) is 19.2 Å². The first-order valence-corrected chi connectivity index (χ1v) is 6.27. The maximum absolute atomic E-state index is 12.0. The minimum absolute atomic E-state index is 0.102. The average molecular weight is 255 g/mol. The summed E-state index contributed by atoms with van der Waals surface area (Å²) in [5.41, 5.74) is 1.96. The van der Waals surface area contributed by atoms with Crippen LogP contribution in [0.15, 0.2) is 53.3 Å². The van der Waals surface area contributed by atoms with Gasteiger partial charge in [-0.1, -0.05) is 38.1 Å². The summed E-state index contributed by atoms with van der Waals surface area (Å²) in [5, 5.41) is 12.7. The van der Waals surface area contributed by atoms with E-state index in [0.717, 1.165) is 5.56 Å². The summed E-state index contributed by atoms with van der Waals surface area (Å²) in [7, 11) is 0. The van der Waals surface area contributed by atoms with E-state index in [1.165, 1.54) is 6.07 Å². The smallest absolute Gasteiger partial charge is 0.202 e. The molecule has 19 heavy (non-hydrogen) atoms. The molecule has 2 aromatic carbocycles. The van der Waals surface area contributed by atoms with Gasteiger partial charge in [0.25, 0.3) is 0 Å². The highest BCUT2D eigenvalue weighted by atomic mass is 16.3. The van der Waals surface area contributed by atoms with Gasteiger partial charge in [-0.25, -0.2) is 0 Å². The molecular formula is C16H17NO2. The number of nitrogens with one attached hydrogen (secondary N) is 1. The molecule has 0 fully saturated rings. The molecule has 0 amide bonds. The van der Waals surface area contributed by atoms with Gasteiger partial charge in [0.05, 0.1) is 11.4 Å². The number of hydrogen-bond acceptors (Lipinski definition) is 3. The van der Waals surface area contributed by atoms with E-state index in [1.807, 2.05) is 12.1 Å². The van der Waals surface area contributed by atoms with Crippen molar-refractivity contribution in [1.82, 2.24) is 0 Å². The number of phenolic OH excluding ortho intramolecular Hbond substituents is 1. The van der Waals surface area contributed by atoms with Gasteiger partial charge >= 0.3 is 0 Å². The summed E-state index contributed by atoms with van der Waals surface area (Å²) in [6, 6.07) is 13.9. The molecule has 3 nitrogen and oxygen atoms in total. The molecule has 0 spiro atoms. The Morgan fingerprint density at radius 2 is 1.74 bits per heavy atom. The standard InChI is InChI=1S/C16H17NO2/c1-11(2)12-6-5-9-16(19)14(10-12)17-13-7-3-4-8-15(13)18/h3-11,18H,1-2H3,(H,17,19). The van der Waals surface area contributed by atoms with Gasteiger partial charge in [-0.05, 0) is 35.7 Å². The number of para-hydroxylation sites is 2. The zero-order valence-electron chi connectivity index (χ0n) is 11.1. The predicted octanol–water partition coefficient (Wildman–Crippen LogP) is 3.62.